The highest BCUT2D eigenvalue weighted by molar-refractivity contribution is 5.30. The Morgan fingerprint density at radius 1 is 0.926 bits per heavy atom. The molecule has 3 unspecified atom stereocenters. The van der Waals surface area contributed by atoms with E-state index in [2.05, 4.69) is 79.7 Å². The van der Waals surface area contributed by atoms with Gasteiger partial charge in [0.1, 0.15) is 5.75 Å². The number of unbranched alkanes of at least 4 members (excludes halogenated alkanes) is 1. The summed E-state index contributed by atoms with van der Waals surface area (Å²) in [4.78, 5) is 0. The summed E-state index contributed by atoms with van der Waals surface area (Å²) >= 11 is 0. The van der Waals surface area contributed by atoms with Crippen LogP contribution in [0.15, 0.2) is 24.3 Å². The largest absolute Gasteiger partial charge is 0.465 e. The third-order valence-electron chi connectivity index (χ3n) is 5.17. The minimum absolute atomic E-state index is 0.217. The lowest BCUT2D eigenvalue weighted by atomic mass is 9.69. The maximum absolute atomic E-state index is 6.08. The van der Waals surface area contributed by atoms with Crippen molar-refractivity contribution < 1.29 is 9.47 Å². The van der Waals surface area contributed by atoms with Crippen molar-refractivity contribution >= 4 is 0 Å². The van der Waals surface area contributed by atoms with Crippen LogP contribution in [0.25, 0.3) is 0 Å². The van der Waals surface area contributed by atoms with Crippen molar-refractivity contribution in [2.75, 3.05) is 0 Å². The van der Waals surface area contributed by atoms with Crippen LogP contribution in [-0.2, 0) is 4.74 Å². The Bertz CT molecular complexity index is 519. The van der Waals surface area contributed by atoms with Gasteiger partial charge in [-0.1, -0.05) is 80.4 Å². The standard InChI is InChI=1S/C25H44O2/c1-10-12-13-21(11-2)26-19(3)27-22-16-14-20(15-17-22)23(25(7,8)9)18-24(4,5)6/h14-17,19,21,23H,10-13,18H2,1-9H3. The fourth-order valence-corrected chi connectivity index (χ4v) is 3.61. The van der Waals surface area contributed by atoms with E-state index in [1.54, 1.807) is 0 Å². The molecule has 0 radical (unpaired) electrons. The molecule has 0 saturated heterocycles. The van der Waals surface area contributed by atoms with Gasteiger partial charge in [0.2, 0.25) is 0 Å². The molecule has 1 rings (SSSR count). The number of rotatable bonds is 10. The summed E-state index contributed by atoms with van der Waals surface area (Å²) in [5.74, 6) is 1.42. The average molecular weight is 377 g/mol. The Labute approximate surface area is 169 Å². The number of benzene rings is 1. The van der Waals surface area contributed by atoms with Gasteiger partial charge in [-0.2, -0.15) is 0 Å². The zero-order valence-corrected chi connectivity index (χ0v) is 19.4. The molecule has 0 aromatic heterocycles. The van der Waals surface area contributed by atoms with Crippen molar-refractivity contribution in [2.45, 2.75) is 113 Å². The van der Waals surface area contributed by atoms with Gasteiger partial charge in [0.05, 0.1) is 6.10 Å². The first-order chi connectivity index (χ1) is 12.5. The van der Waals surface area contributed by atoms with Crippen LogP contribution in [0, 0.1) is 10.8 Å². The molecule has 0 spiro atoms. The van der Waals surface area contributed by atoms with Crippen LogP contribution in [-0.4, -0.2) is 12.4 Å². The van der Waals surface area contributed by atoms with Crippen LogP contribution in [0.3, 0.4) is 0 Å². The number of hydrogen-bond donors (Lipinski definition) is 0. The highest BCUT2D eigenvalue weighted by Crippen LogP contribution is 2.43. The molecule has 1 aromatic rings. The van der Waals surface area contributed by atoms with Gasteiger partial charge in [0, 0.05) is 0 Å². The van der Waals surface area contributed by atoms with Crippen LogP contribution in [0.4, 0.5) is 0 Å². The topological polar surface area (TPSA) is 18.5 Å². The SMILES string of the molecule is CCCCC(CC)OC(C)Oc1ccc(C(CC(C)(C)C)C(C)(C)C)cc1. The highest BCUT2D eigenvalue weighted by atomic mass is 16.7. The molecule has 2 heteroatoms. The van der Waals surface area contributed by atoms with E-state index >= 15 is 0 Å². The quantitative estimate of drug-likeness (QED) is 0.385. The lowest BCUT2D eigenvalue weighted by molar-refractivity contribution is -0.111. The molecule has 0 saturated carbocycles. The normalized spacial score (nSPS) is 16.0. The van der Waals surface area contributed by atoms with Crippen LogP contribution >= 0.6 is 0 Å². The molecular weight excluding hydrogens is 332 g/mol. The minimum atomic E-state index is -0.217. The maximum atomic E-state index is 6.08. The third kappa shape index (κ3) is 9.14. The van der Waals surface area contributed by atoms with E-state index in [-0.39, 0.29) is 17.8 Å². The van der Waals surface area contributed by atoms with Crippen molar-refractivity contribution in [1.82, 2.24) is 0 Å². The summed E-state index contributed by atoms with van der Waals surface area (Å²) in [5.41, 5.74) is 1.94. The van der Waals surface area contributed by atoms with Gasteiger partial charge >= 0.3 is 0 Å². The molecule has 3 atom stereocenters. The fourth-order valence-electron chi connectivity index (χ4n) is 3.61. The molecule has 0 fully saturated rings. The van der Waals surface area contributed by atoms with Crippen molar-refractivity contribution in [3.63, 3.8) is 0 Å². The smallest absolute Gasteiger partial charge is 0.197 e. The number of hydrogen-bond acceptors (Lipinski definition) is 2. The van der Waals surface area contributed by atoms with Gasteiger partial charge in [-0.3, -0.25) is 0 Å². The van der Waals surface area contributed by atoms with Crippen LogP contribution in [0.2, 0.25) is 0 Å². The summed E-state index contributed by atoms with van der Waals surface area (Å²) in [7, 11) is 0. The highest BCUT2D eigenvalue weighted by Gasteiger charge is 2.30. The third-order valence-corrected chi connectivity index (χ3v) is 5.17. The molecule has 156 valence electrons. The van der Waals surface area contributed by atoms with Gasteiger partial charge in [-0.25, -0.2) is 0 Å². The zero-order chi connectivity index (χ0) is 20.7. The molecule has 0 aliphatic heterocycles. The van der Waals surface area contributed by atoms with E-state index in [4.69, 9.17) is 9.47 Å². The second-order valence-corrected chi connectivity index (χ2v) is 10.2. The fraction of sp³-hybridized carbons (Fsp3) is 0.760. The number of ether oxygens (including phenoxy) is 2. The minimum Gasteiger partial charge on any atom is -0.465 e. The first kappa shape index (κ1) is 24.0. The lowest BCUT2D eigenvalue weighted by Gasteiger charge is -2.36. The first-order valence-corrected chi connectivity index (χ1v) is 10.9. The zero-order valence-electron chi connectivity index (χ0n) is 19.4. The van der Waals surface area contributed by atoms with Crippen molar-refractivity contribution in [3.05, 3.63) is 29.8 Å². The second kappa shape index (κ2) is 10.5. The van der Waals surface area contributed by atoms with Gasteiger partial charge < -0.3 is 9.47 Å². The monoisotopic (exact) mass is 376 g/mol. The molecule has 2 nitrogen and oxygen atoms in total. The van der Waals surface area contributed by atoms with Crippen LogP contribution in [0.5, 0.6) is 5.75 Å². The van der Waals surface area contributed by atoms with Gasteiger partial charge in [0.15, 0.2) is 6.29 Å². The molecule has 0 amide bonds. The van der Waals surface area contributed by atoms with Crippen LogP contribution in [0.1, 0.15) is 106 Å². The van der Waals surface area contributed by atoms with E-state index in [9.17, 15) is 0 Å². The summed E-state index contributed by atoms with van der Waals surface area (Å²) in [5, 5.41) is 0. The van der Waals surface area contributed by atoms with E-state index in [1.807, 2.05) is 6.92 Å². The van der Waals surface area contributed by atoms with E-state index in [0.29, 0.717) is 11.3 Å². The molecule has 1 aromatic carbocycles. The molecule has 0 aliphatic rings. The maximum Gasteiger partial charge on any atom is 0.197 e. The van der Waals surface area contributed by atoms with E-state index in [1.165, 1.54) is 24.8 Å². The molecular formula is C25H44O2. The van der Waals surface area contributed by atoms with Crippen molar-refractivity contribution in [3.8, 4) is 5.75 Å². The Balaban J connectivity index is 2.76. The van der Waals surface area contributed by atoms with Crippen LogP contribution < -0.4 is 4.74 Å². The predicted molar refractivity (Wildman–Crippen MR) is 117 cm³/mol. The van der Waals surface area contributed by atoms with Crippen molar-refractivity contribution in [2.24, 2.45) is 10.8 Å². The Morgan fingerprint density at radius 2 is 1.52 bits per heavy atom. The first-order valence-electron chi connectivity index (χ1n) is 10.9. The lowest BCUT2D eigenvalue weighted by Crippen LogP contribution is -2.24. The van der Waals surface area contributed by atoms with Gasteiger partial charge in [-0.05, 0) is 60.6 Å². The summed E-state index contributed by atoms with van der Waals surface area (Å²) < 4.78 is 12.1. The van der Waals surface area contributed by atoms with E-state index < -0.39 is 0 Å². The van der Waals surface area contributed by atoms with Gasteiger partial charge in [-0.15, -0.1) is 0 Å². The molecule has 0 heterocycles. The van der Waals surface area contributed by atoms with E-state index in [0.717, 1.165) is 18.6 Å². The Hall–Kier alpha value is -1.02. The van der Waals surface area contributed by atoms with Gasteiger partial charge in [0.25, 0.3) is 0 Å². The predicted octanol–water partition coefficient (Wildman–Crippen LogP) is 7.96. The summed E-state index contributed by atoms with van der Waals surface area (Å²) in [6, 6.07) is 8.67. The van der Waals surface area contributed by atoms with Crippen molar-refractivity contribution in [1.29, 1.82) is 0 Å². The summed E-state index contributed by atoms with van der Waals surface area (Å²) in [6.45, 7) is 20.4. The Morgan fingerprint density at radius 3 is 1.96 bits per heavy atom. The molecule has 0 bridgehead atoms. The molecule has 0 aliphatic carbocycles. The second-order valence-electron chi connectivity index (χ2n) is 10.2. The Kier molecular flexibility index (Phi) is 9.34. The average Bonchev–Trinajstić information content (AvgIpc) is 2.55. The summed E-state index contributed by atoms with van der Waals surface area (Å²) in [6.07, 6.45) is 5.81. The molecule has 0 N–H and O–H groups in total. The molecule has 27 heavy (non-hydrogen) atoms.